The number of methoxy groups -OCH3 is 2. The number of nitrogens with zero attached hydrogens (tertiary/aromatic N) is 1. The highest BCUT2D eigenvalue weighted by Crippen LogP contribution is 2.39. The standard InChI is InChI=1S/C65H98BNO16Si/c1-41-22-16-14-17-23-42(2)55(76-9)36-50-29-27-47(7)65(75,82-50)60(71)61(72)67-31-21-20-26-52(67)62(73)80-56(37-53(69)43(3)33-46(6)59(83-84(11,12)13)51(38-68)58(70)45(5)32-41)44(4)34-48-28-30-54(57(35-48)77-10)81-63(74)64(8)39-78-66(79-40-64)49-24-18-15-19-25-49/h14-19,22-25,33,41,43-45,47-48,50-52,54-57,59,68,75H,20-21,26-32,34-40H2,1-13H3/b17-14?,22-16+,42-23?,46-33+. The monoisotopic (exact) mass is 1190 g/mol. The molecule has 0 spiro atoms. The first-order chi connectivity index (χ1) is 39.7. The number of ketones is 3. The number of piperidine rings is 1. The van der Waals surface area contributed by atoms with Gasteiger partial charge >= 0.3 is 19.1 Å². The third-order valence-electron chi connectivity index (χ3n) is 18.0. The smallest absolute Gasteiger partial charge is 0.460 e. The van der Waals surface area contributed by atoms with Crippen LogP contribution in [-0.4, -0.2) is 155 Å². The molecule has 0 radical (unpaired) electrons. The summed E-state index contributed by atoms with van der Waals surface area (Å²) in [6.45, 7) is 20.7. The largest absolute Gasteiger partial charge is 0.493 e. The molecular formula is C65H98BNO16Si. The van der Waals surface area contributed by atoms with Crippen molar-refractivity contribution in [3.63, 3.8) is 0 Å². The maximum absolute atomic E-state index is 14.8. The zero-order valence-corrected chi connectivity index (χ0v) is 53.4. The van der Waals surface area contributed by atoms with E-state index in [9.17, 15) is 39.0 Å². The third-order valence-corrected chi connectivity index (χ3v) is 18.9. The SMILES string of the molecule is COC1CC2CCC(C)C(O)(O2)C(=O)C(=O)N2CCCCC2C(=O)OC(C(C)CC2CCC(OC(=O)C3(C)COB(c4ccccc4)OC3)C(OC)C2)CC(=O)C(C)/C=C(\C)C(O[Si](C)(C)C)C(CO)C(=O)C(C)CC(C)/C=C/C=CC=C1C. The minimum absolute atomic E-state index is 0.00337. The summed E-state index contributed by atoms with van der Waals surface area (Å²) in [4.78, 5) is 88.0. The molecular weight excluding hydrogens is 1090 g/mol. The Labute approximate surface area is 501 Å². The number of amides is 1. The molecule has 15 unspecified atom stereocenters. The average molecular weight is 1190 g/mol. The minimum atomic E-state index is -2.46. The number of aliphatic hydroxyl groups excluding tert-OH is 1. The molecule has 5 aliphatic rings. The molecule has 17 nitrogen and oxygen atoms in total. The molecule has 2 bridgehead atoms. The molecule has 0 aromatic heterocycles. The van der Waals surface area contributed by atoms with Gasteiger partial charge in [0.25, 0.3) is 11.7 Å². The highest BCUT2D eigenvalue weighted by atomic mass is 28.4. The summed E-state index contributed by atoms with van der Waals surface area (Å²) < 4.78 is 49.5. The minimum Gasteiger partial charge on any atom is -0.460 e. The number of hydrogen-bond donors (Lipinski definition) is 2. The van der Waals surface area contributed by atoms with Gasteiger partial charge in [-0.25, -0.2) is 4.79 Å². The predicted molar refractivity (Wildman–Crippen MR) is 323 cm³/mol. The Morgan fingerprint density at radius 3 is 2.21 bits per heavy atom. The summed E-state index contributed by atoms with van der Waals surface area (Å²) in [6, 6.07) is 8.35. The molecule has 1 aromatic rings. The second-order valence-electron chi connectivity index (χ2n) is 26.2. The van der Waals surface area contributed by atoms with Crippen LogP contribution in [0, 0.1) is 46.8 Å². The third kappa shape index (κ3) is 18.1. The number of carbonyl (C=O) groups excluding carboxylic acids is 6. The summed E-state index contributed by atoms with van der Waals surface area (Å²) in [5, 5.41) is 23.1. The predicted octanol–water partition coefficient (Wildman–Crippen LogP) is 8.63. The lowest BCUT2D eigenvalue weighted by atomic mass is 9.75. The van der Waals surface area contributed by atoms with Crippen molar-refractivity contribution < 1.29 is 76.4 Å². The first-order valence-electron chi connectivity index (χ1n) is 30.8. The van der Waals surface area contributed by atoms with E-state index in [0.29, 0.717) is 69.8 Å². The maximum atomic E-state index is 14.8. The van der Waals surface area contributed by atoms with E-state index in [1.165, 1.54) is 4.90 Å². The van der Waals surface area contributed by atoms with Gasteiger partial charge in [0.2, 0.25) is 5.79 Å². The molecule has 84 heavy (non-hydrogen) atoms. The number of Topliss-reactive ketones (excluding diaryl/α,β-unsaturated/α-hetero) is 3. The fraction of sp³-hybridized carbons (Fsp3) is 0.692. The van der Waals surface area contributed by atoms with E-state index in [0.717, 1.165) is 11.0 Å². The van der Waals surface area contributed by atoms with Crippen LogP contribution in [0.1, 0.15) is 132 Å². The van der Waals surface area contributed by atoms with Gasteiger partial charge < -0.3 is 52.5 Å². The number of esters is 2. The van der Waals surface area contributed by atoms with Crippen molar-refractivity contribution in [3.8, 4) is 0 Å². The number of carbonyl (C=O) groups is 6. The van der Waals surface area contributed by atoms with E-state index in [1.54, 1.807) is 41.1 Å². The van der Waals surface area contributed by atoms with Crippen molar-refractivity contribution in [2.24, 2.45) is 46.8 Å². The van der Waals surface area contributed by atoms with Crippen LogP contribution in [-0.2, 0) is 66.2 Å². The van der Waals surface area contributed by atoms with E-state index in [4.69, 9.17) is 37.4 Å². The lowest BCUT2D eigenvalue weighted by Gasteiger charge is -2.42. The molecule has 19 heteroatoms. The fourth-order valence-electron chi connectivity index (χ4n) is 12.7. The van der Waals surface area contributed by atoms with Crippen molar-refractivity contribution >= 4 is 56.1 Å². The zero-order chi connectivity index (χ0) is 61.7. The van der Waals surface area contributed by atoms with Crippen LogP contribution < -0.4 is 5.46 Å². The number of aliphatic hydroxyl groups is 2. The van der Waals surface area contributed by atoms with Crippen molar-refractivity contribution in [1.29, 1.82) is 0 Å². The van der Waals surface area contributed by atoms with Gasteiger partial charge in [0.05, 0.1) is 36.9 Å². The van der Waals surface area contributed by atoms with E-state index >= 15 is 0 Å². The molecule has 1 aromatic carbocycles. The molecule has 1 amide bonds. The number of rotatable bonds is 11. The number of benzene rings is 1. The first kappa shape index (κ1) is 68.7. The van der Waals surface area contributed by atoms with Crippen LogP contribution in [0.15, 0.2) is 77.9 Å². The van der Waals surface area contributed by atoms with Gasteiger partial charge in [-0.2, -0.15) is 0 Å². The Hall–Kier alpha value is -4.44. The molecule has 1 aliphatic carbocycles. The Balaban J connectivity index is 1.28. The second-order valence-corrected chi connectivity index (χ2v) is 30.7. The van der Waals surface area contributed by atoms with E-state index < -0.39 is 129 Å². The molecule has 3 saturated heterocycles. The lowest BCUT2D eigenvalue weighted by Crippen LogP contribution is -2.61. The van der Waals surface area contributed by atoms with Crippen LogP contribution >= 0.6 is 0 Å². The van der Waals surface area contributed by atoms with Crippen molar-refractivity contribution in [3.05, 3.63) is 77.9 Å². The number of hydrogen-bond acceptors (Lipinski definition) is 16. The molecule has 4 aliphatic heterocycles. The summed E-state index contributed by atoms with van der Waals surface area (Å²) in [5.41, 5.74) is 1.32. The summed E-state index contributed by atoms with van der Waals surface area (Å²) in [6.07, 6.45) is 12.5. The molecule has 6 rings (SSSR count). The topological polar surface area (TPSA) is 220 Å². The lowest BCUT2D eigenvalue weighted by molar-refractivity contribution is -0.265. The van der Waals surface area contributed by atoms with Crippen LogP contribution in [0.25, 0.3) is 0 Å². The van der Waals surface area contributed by atoms with Gasteiger partial charge in [0.1, 0.15) is 35.2 Å². The van der Waals surface area contributed by atoms with Crippen LogP contribution in [0.2, 0.25) is 19.6 Å². The molecule has 4 fully saturated rings. The average Bonchev–Trinajstić information content (AvgIpc) is 1.82. The second kappa shape index (κ2) is 31.0. The van der Waals surface area contributed by atoms with Gasteiger partial charge in [0, 0.05) is 64.6 Å². The van der Waals surface area contributed by atoms with Gasteiger partial charge in [-0.05, 0) is 139 Å². The Morgan fingerprint density at radius 2 is 1.56 bits per heavy atom. The quantitative estimate of drug-likeness (QED) is 0.0916. The van der Waals surface area contributed by atoms with Crippen molar-refractivity contribution in [2.75, 3.05) is 40.6 Å². The number of ether oxygens (including phenoxy) is 5. The van der Waals surface area contributed by atoms with E-state index in [-0.39, 0.29) is 56.0 Å². The molecule has 2 N–H and O–H groups in total. The zero-order valence-electron chi connectivity index (χ0n) is 52.4. The molecule has 466 valence electrons. The van der Waals surface area contributed by atoms with E-state index in [1.807, 2.05) is 115 Å². The summed E-state index contributed by atoms with van der Waals surface area (Å²) >= 11 is 0. The van der Waals surface area contributed by atoms with Crippen molar-refractivity contribution in [1.82, 2.24) is 4.90 Å². The highest BCUT2D eigenvalue weighted by molar-refractivity contribution is 6.69. The highest BCUT2D eigenvalue weighted by Gasteiger charge is 2.53. The van der Waals surface area contributed by atoms with Crippen LogP contribution in [0.5, 0.6) is 0 Å². The van der Waals surface area contributed by atoms with Gasteiger partial charge in [0.15, 0.2) is 8.32 Å². The summed E-state index contributed by atoms with van der Waals surface area (Å²) in [5.74, 6) is -9.45. The van der Waals surface area contributed by atoms with Crippen molar-refractivity contribution in [2.45, 2.75) is 201 Å². The summed E-state index contributed by atoms with van der Waals surface area (Å²) in [7, 11) is 0.209. The van der Waals surface area contributed by atoms with Crippen LogP contribution in [0.4, 0.5) is 0 Å². The van der Waals surface area contributed by atoms with Gasteiger partial charge in [-0.3, -0.25) is 24.0 Å². The Kier molecular flexibility index (Phi) is 25.3. The Morgan fingerprint density at radius 1 is 0.857 bits per heavy atom. The normalized spacial score (nSPS) is 34.8. The van der Waals surface area contributed by atoms with E-state index in [2.05, 4.69) is 0 Å². The fourth-order valence-corrected chi connectivity index (χ4v) is 13.8. The maximum Gasteiger partial charge on any atom is 0.493 e. The van der Waals surface area contributed by atoms with Gasteiger partial charge in [-0.1, -0.05) is 101 Å². The number of allylic oxidation sites excluding steroid dienone is 6. The number of fused-ring (bicyclic) bond motifs is 3. The molecule has 1 saturated carbocycles. The number of cyclic esters (lactones) is 1. The van der Waals surface area contributed by atoms with Gasteiger partial charge in [-0.15, -0.1) is 0 Å². The molecule has 4 heterocycles. The molecule has 15 atom stereocenters. The Bertz CT molecular complexity index is 2520. The first-order valence-corrected chi connectivity index (χ1v) is 34.2. The van der Waals surface area contributed by atoms with Crippen LogP contribution in [0.3, 0.4) is 0 Å².